The van der Waals surface area contributed by atoms with Crippen LogP contribution in [0.25, 0.3) is 17.0 Å². The minimum absolute atomic E-state index is 0.0794. The molecule has 2 aromatic carbocycles. The molecule has 4 rings (SSSR count). The third-order valence-electron chi connectivity index (χ3n) is 5.13. The monoisotopic (exact) mass is 467 g/mol. The van der Waals surface area contributed by atoms with Crippen molar-refractivity contribution in [3.63, 3.8) is 0 Å². The predicted octanol–water partition coefficient (Wildman–Crippen LogP) is 4.02. The average molecular weight is 468 g/mol. The van der Waals surface area contributed by atoms with Gasteiger partial charge in [-0.1, -0.05) is 46.3 Å². The molecule has 0 saturated carbocycles. The molecule has 2 heterocycles. The van der Waals surface area contributed by atoms with E-state index in [4.69, 9.17) is 12.2 Å². The molecule has 1 N–H and O–H groups in total. The zero-order valence-corrected chi connectivity index (χ0v) is 18.3. The second-order valence-corrected chi connectivity index (χ2v) is 8.21. The molecule has 0 bridgehead atoms. The Morgan fingerprint density at radius 1 is 1.10 bits per heavy atom. The average Bonchev–Trinajstić information content (AvgIpc) is 2.97. The fourth-order valence-electron chi connectivity index (χ4n) is 3.51. The molecule has 5 nitrogen and oxygen atoms in total. The van der Waals surface area contributed by atoms with E-state index >= 15 is 0 Å². The largest absolute Gasteiger partial charge is 0.340 e. The minimum Gasteiger partial charge on any atom is -0.340 e. The maximum Gasteiger partial charge on any atom is 0.265 e. The van der Waals surface area contributed by atoms with Gasteiger partial charge in [0.15, 0.2) is 5.11 Å². The summed E-state index contributed by atoms with van der Waals surface area (Å²) in [5.41, 5.74) is 4.13. The Labute approximate surface area is 182 Å². The number of rotatable bonds is 3. The summed E-state index contributed by atoms with van der Waals surface area (Å²) in [6.07, 6.45) is 1.67. The van der Waals surface area contributed by atoms with Crippen molar-refractivity contribution in [1.82, 2.24) is 14.8 Å². The molecule has 0 unspecified atom stereocenters. The highest BCUT2D eigenvalue weighted by Gasteiger charge is 2.31. The number of hydrogen-bond acceptors (Lipinski definition) is 3. The summed E-state index contributed by atoms with van der Waals surface area (Å²) in [5.74, 6) is -0.870. The number of carbonyl (C=O) groups excluding carboxylic acids is 2. The van der Waals surface area contributed by atoms with Gasteiger partial charge in [0, 0.05) is 40.2 Å². The Balaban J connectivity index is 1.84. The summed E-state index contributed by atoms with van der Waals surface area (Å²) < 4.78 is 3.23. The molecule has 0 radical (unpaired) electrons. The normalized spacial score (nSPS) is 16.0. The van der Waals surface area contributed by atoms with E-state index in [0.29, 0.717) is 6.54 Å². The van der Waals surface area contributed by atoms with Crippen LogP contribution in [0.4, 0.5) is 0 Å². The highest BCUT2D eigenvalue weighted by molar-refractivity contribution is 9.10. The molecule has 0 atom stereocenters. The number of amides is 2. The lowest BCUT2D eigenvalue weighted by atomic mass is 10.1. The van der Waals surface area contributed by atoms with Gasteiger partial charge >= 0.3 is 0 Å². The van der Waals surface area contributed by atoms with E-state index in [0.717, 1.165) is 32.2 Å². The quantitative estimate of drug-likeness (QED) is 0.359. The van der Waals surface area contributed by atoms with E-state index in [1.807, 2.05) is 43.3 Å². The molecule has 146 valence electrons. The lowest BCUT2D eigenvalue weighted by Crippen LogP contribution is -2.52. The molecular formula is C22H18BrN3O2S. The molecule has 1 fully saturated rings. The van der Waals surface area contributed by atoms with Crippen LogP contribution in [0.1, 0.15) is 16.8 Å². The minimum atomic E-state index is -0.470. The van der Waals surface area contributed by atoms with Crippen LogP contribution >= 0.6 is 28.1 Å². The molecule has 1 aliphatic rings. The van der Waals surface area contributed by atoms with Crippen molar-refractivity contribution in [3.8, 4) is 0 Å². The van der Waals surface area contributed by atoms with Crippen molar-refractivity contribution >= 4 is 62.1 Å². The predicted molar refractivity (Wildman–Crippen MR) is 121 cm³/mol. The van der Waals surface area contributed by atoms with Crippen LogP contribution in [-0.4, -0.2) is 33.4 Å². The van der Waals surface area contributed by atoms with Gasteiger partial charge in [-0.05, 0) is 49.0 Å². The summed E-state index contributed by atoms with van der Waals surface area (Å²) in [6, 6.07) is 16.2. The van der Waals surface area contributed by atoms with Gasteiger partial charge in [-0.3, -0.25) is 19.8 Å². The summed E-state index contributed by atoms with van der Waals surface area (Å²) in [7, 11) is 1.56. The van der Waals surface area contributed by atoms with Gasteiger partial charge in [-0.25, -0.2) is 0 Å². The van der Waals surface area contributed by atoms with Crippen LogP contribution in [0.15, 0.2) is 58.6 Å². The van der Waals surface area contributed by atoms with Crippen LogP contribution < -0.4 is 5.32 Å². The van der Waals surface area contributed by atoms with Crippen molar-refractivity contribution in [2.45, 2.75) is 13.5 Å². The first kappa shape index (κ1) is 19.5. The molecule has 7 heteroatoms. The van der Waals surface area contributed by atoms with Crippen molar-refractivity contribution in [2.24, 2.45) is 0 Å². The smallest absolute Gasteiger partial charge is 0.265 e. The zero-order chi connectivity index (χ0) is 20.7. The number of para-hydroxylation sites is 1. The first-order valence-corrected chi connectivity index (χ1v) is 10.2. The highest BCUT2D eigenvalue weighted by atomic mass is 79.9. The third kappa shape index (κ3) is 3.52. The second kappa shape index (κ2) is 7.57. The number of aromatic nitrogens is 1. The number of fused-ring (bicyclic) bond motifs is 1. The lowest BCUT2D eigenvalue weighted by molar-refractivity contribution is -0.128. The van der Waals surface area contributed by atoms with Gasteiger partial charge in [0.2, 0.25) is 0 Å². The Bertz CT molecular complexity index is 1190. The van der Waals surface area contributed by atoms with Gasteiger partial charge in [0.05, 0.1) is 0 Å². The Hall–Kier alpha value is -2.77. The number of halogens is 1. The highest BCUT2D eigenvalue weighted by Crippen LogP contribution is 2.29. The van der Waals surface area contributed by atoms with Crippen molar-refractivity contribution in [1.29, 1.82) is 0 Å². The van der Waals surface area contributed by atoms with E-state index in [1.54, 1.807) is 13.1 Å². The molecule has 2 amide bonds. The van der Waals surface area contributed by atoms with Crippen molar-refractivity contribution in [2.75, 3.05) is 7.05 Å². The standard InChI is InChI=1S/C22H18BrN3O2S/c1-13-17(11-18-20(27)24-22(29)25(2)21(18)28)16-5-3-4-6-19(16)26(13)12-14-7-9-15(23)10-8-14/h3-11H,12H2,1-2H3,(H,24,27,29)/b18-11+. The van der Waals surface area contributed by atoms with Crippen molar-refractivity contribution in [3.05, 3.63) is 75.4 Å². The Morgan fingerprint density at radius 3 is 2.52 bits per heavy atom. The van der Waals surface area contributed by atoms with Crippen LogP contribution in [0.5, 0.6) is 0 Å². The topological polar surface area (TPSA) is 54.3 Å². The Morgan fingerprint density at radius 2 is 1.79 bits per heavy atom. The Kier molecular flexibility index (Phi) is 5.10. The molecule has 0 spiro atoms. The van der Waals surface area contributed by atoms with Gasteiger partial charge in [-0.15, -0.1) is 0 Å². The van der Waals surface area contributed by atoms with Crippen LogP contribution in [0.3, 0.4) is 0 Å². The molecule has 1 aromatic heterocycles. The summed E-state index contributed by atoms with van der Waals surface area (Å²) in [4.78, 5) is 26.3. The zero-order valence-electron chi connectivity index (χ0n) is 15.9. The molecule has 3 aromatic rings. The number of nitrogens with zero attached hydrogens (tertiary/aromatic N) is 2. The van der Waals surface area contributed by atoms with E-state index < -0.39 is 11.8 Å². The van der Waals surface area contributed by atoms with Gasteiger partial charge in [-0.2, -0.15) is 0 Å². The van der Waals surface area contributed by atoms with Crippen LogP contribution in [0, 0.1) is 6.92 Å². The second-order valence-electron chi connectivity index (χ2n) is 6.91. The van der Waals surface area contributed by atoms with E-state index in [1.165, 1.54) is 4.90 Å². The summed E-state index contributed by atoms with van der Waals surface area (Å²) in [5, 5.41) is 3.68. The van der Waals surface area contributed by atoms with Crippen LogP contribution in [0.2, 0.25) is 0 Å². The molecule has 1 aliphatic heterocycles. The first-order chi connectivity index (χ1) is 13.9. The number of hydrogen-bond donors (Lipinski definition) is 1. The number of nitrogens with one attached hydrogen (secondary N) is 1. The number of likely N-dealkylation sites (N-methyl/N-ethyl adjacent to an activating group) is 1. The molecule has 1 saturated heterocycles. The fraction of sp³-hybridized carbons (Fsp3) is 0.136. The summed E-state index contributed by atoms with van der Waals surface area (Å²) in [6.45, 7) is 2.69. The van der Waals surface area contributed by atoms with Crippen molar-refractivity contribution < 1.29 is 9.59 Å². The maximum absolute atomic E-state index is 12.6. The van der Waals surface area contributed by atoms with Crippen LogP contribution in [-0.2, 0) is 16.1 Å². The van der Waals surface area contributed by atoms with Gasteiger partial charge < -0.3 is 4.57 Å². The third-order valence-corrected chi connectivity index (χ3v) is 6.03. The first-order valence-electron chi connectivity index (χ1n) is 9.04. The van der Waals surface area contributed by atoms with E-state index in [-0.39, 0.29) is 10.7 Å². The van der Waals surface area contributed by atoms with E-state index in [9.17, 15) is 9.59 Å². The molecular weight excluding hydrogens is 450 g/mol. The van der Waals surface area contributed by atoms with Gasteiger partial charge in [0.25, 0.3) is 11.8 Å². The lowest BCUT2D eigenvalue weighted by Gasteiger charge is -2.25. The number of thiocarbonyl (C=S) groups is 1. The fourth-order valence-corrected chi connectivity index (χ4v) is 3.95. The maximum atomic E-state index is 12.6. The molecule has 0 aliphatic carbocycles. The van der Waals surface area contributed by atoms with Gasteiger partial charge in [0.1, 0.15) is 5.57 Å². The van der Waals surface area contributed by atoms with E-state index in [2.05, 4.69) is 37.9 Å². The number of carbonyl (C=O) groups is 2. The summed E-state index contributed by atoms with van der Waals surface area (Å²) >= 11 is 8.49. The molecule has 29 heavy (non-hydrogen) atoms. The SMILES string of the molecule is Cc1c(/C=C2\C(=O)NC(=S)N(C)C2=O)c2ccccc2n1Cc1ccc(Br)cc1. The number of benzene rings is 2.